The summed E-state index contributed by atoms with van der Waals surface area (Å²) in [7, 11) is 0. The number of nitrogens with one attached hydrogen (secondary N) is 1. The minimum Gasteiger partial charge on any atom is -0.387 e. The predicted molar refractivity (Wildman–Crippen MR) is 96.3 cm³/mol. The van der Waals surface area contributed by atoms with Crippen LogP contribution >= 0.6 is 0 Å². The molecule has 2 aliphatic heterocycles. The van der Waals surface area contributed by atoms with E-state index in [4.69, 9.17) is 4.74 Å². The summed E-state index contributed by atoms with van der Waals surface area (Å²) in [6, 6.07) is 7.70. The van der Waals surface area contributed by atoms with Crippen molar-refractivity contribution in [2.24, 2.45) is 0 Å². The summed E-state index contributed by atoms with van der Waals surface area (Å²) in [5, 5.41) is 13.2. The van der Waals surface area contributed by atoms with E-state index in [0.29, 0.717) is 19.6 Å². The quantitative estimate of drug-likeness (QED) is 0.770. The fourth-order valence-corrected chi connectivity index (χ4v) is 3.50. The maximum atomic E-state index is 12.3. The molecule has 0 aromatic heterocycles. The van der Waals surface area contributed by atoms with Gasteiger partial charge in [0.2, 0.25) is 0 Å². The molecule has 0 saturated carbocycles. The topological polar surface area (TPSA) is 65.0 Å². The molecule has 1 unspecified atom stereocenters. The Labute approximate surface area is 149 Å². The SMILES string of the molecule is O=C(NCCCCCN1CCOCC1)N1Cc2ccccc2C(O)C1. The number of β-amino-alcohol motifs (C(OH)–C–C–N with tert-alkyl or cyclic N) is 1. The number of hydrogen-bond donors (Lipinski definition) is 2. The minimum absolute atomic E-state index is 0.0817. The number of fused-ring (bicyclic) bond motifs is 1. The number of rotatable bonds is 6. The van der Waals surface area contributed by atoms with E-state index in [2.05, 4.69) is 10.2 Å². The highest BCUT2D eigenvalue weighted by molar-refractivity contribution is 5.74. The number of nitrogens with zero attached hydrogens (tertiary/aromatic N) is 2. The average molecular weight is 347 g/mol. The molecule has 2 heterocycles. The molecule has 2 amide bonds. The Morgan fingerprint density at radius 2 is 2.00 bits per heavy atom. The molecule has 1 atom stereocenters. The molecule has 138 valence electrons. The number of morpholine rings is 1. The lowest BCUT2D eigenvalue weighted by molar-refractivity contribution is 0.0371. The highest BCUT2D eigenvalue weighted by Gasteiger charge is 2.26. The van der Waals surface area contributed by atoms with Crippen LogP contribution in [0, 0.1) is 0 Å². The van der Waals surface area contributed by atoms with Gasteiger partial charge in [0.05, 0.1) is 25.9 Å². The molecule has 25 heavy (non-hydrogen) atoms. The zero-order valence-electron chi connectivity index (χ0n) is 14.8. The van der Waals surface area contributed by atoms with Gasteiger partial charge in [0.1, 0.15) is 0 Å². The Balaban J connectivity index is 1.32. The number of aliphatic hydroxyl groups is 1. The van der Waals surface area contributed by atoms with Crippen molar-refractivity contribution < 1.29 is 14.6 Å². The molecule has 1 saturated heterocycles. The average Bonchev–Trinajstić information content (AvgIpc) is 2.65. The highest BCUT2D eigenvalue weighted by Crippen LogP contribution is 2.25. The molecular formula is C19H29N3O3. The number of hydrogen-bond acceptors (Lipinski definition) is 4. The van der Waals surface area contributed by atoms with Gasteiger partial charge >= 0.3 is 6.03 Å². The molecule has 1 aromatic rings. The Morgan fingerprint density at radius 3 is 2.84 bits per heavy atom. The van der Waals surface area contributed by atoms with Crippen LogP contribution in [0.4, 0.5) is 4.79 Å². The van der Waals surface area contributed by atoms with Crippen molar-refractivity contribution in [1.29, 1.82) is 0 Å². The molecule has 1 fully saturated rings. The molecular weight excluding hydrogens is 318 g/mol. The summed E-state index contributed by atoms with van der Waals surface area (Å²) in [6.07, 6.45) is 2.67. The Hall–Kier alpha value is -1.63. The van der Waals surface area contributed by atoms with E-state index in [0.717, 1.165) is 63.2 Å². The molecule has 2 aliphatic rings. The van der Waals surface area contributed by atoms with Crippen molar-refractivity contribution in [3.63, 3.8) is 0 Å². The lowest BCUT2D eigenvalue weighted by Gasteiger charge is -2.32. The van der Waals surface area contributed by atoms with Gasteiger partial charge in [-0.2, -0.15) is 0 Å². The third-order valence-corrected chi connectivity index (χ3v) is 4.99. The van der Waals surface area contributed by atoms with Crippen molar-refractivity contribution in [3.8, 4) is 0 Å². The van der Waals surface area contributed by atoms with E-state index in [1.165, 1.54) is 0 Å². The van der Waals surface area contributed by atoms with Crippen LogP contribution in [0.25, 0.3) is 0 Å². The molecule has 1 aromatic carbocycles. The van der Waals surface area contributed by atoms with Gasteiger partial charge in [0, 0.05) is 26.2 Å². The van der Waals surface area contributed by atoms with Gasteiger partial charge in [-0.3, -0.25) is 4.90 Å². The Bertz CT molecular complexity index is 561. The van der Waals surface area contributed by atoms with Crippen molar-refractivity contribution in [1.82, 2.24) is 15.1 Å². The van der Waals surface area contributed by atoms with Crippen molar-refractivity contribution in [2.45, 2.75) is 31.9 Å². The van der Waals surface area contributed by atoms with Gasteiger partial charge in [0.25, 0.3) is 0 Å². The Kier molecular flexibility index (Phi) is 6.67. The van der Waals surface area contributed by atoms with Gasteiger partial charge in [0.15, 0.2) is 0 Å². The van der Waals surface area contributed by atoms with Crippen LogP contribution in [-0.2, 0) is 11.3 Å². The van der Waals surface area contributed by atoms with E-state index < -0.39 is 6.10 Å². The first-order valence-electron chi connectivity index (χ1n) is 9.33. The Morgan fingerprint density at radius 1 is 1.20 bits per heavy atom. The van der Waals surface area contributed by atoms with Crippen LogP contribution in [0.3, 0.4) is 0 Å². The zero-order valence-corrected chi connectivity index (χ0v) is 14.8. The number of aliphatic hydroxyl groups excluding tert-OH is 1. The second kappa shape index (κ2) is 9.17. The maximum absolute atomic E-state index is 12.3. The molecule has 0 radical (unpaired) electrons. The van der Waals surface area contributed by atoms with E-state index >= 15 is 0 Å². The highest BCUT2D eigenvalue weighted by atomic mass is 16.5. The van der Waals surface area contributed by atoms with E-state index in [-0.39, 0.29) is 6.03 Å². The van der Waals surface area contributed by atoms with Gasteiger partial charge in [-0.15, -0.1) is 0 Å². The van der Waals surface area contributed by atoms with Gasteiger partial charge in [-0.1, -0.05) is 30.7 Å². The monoisotopic (exact) mass is 347 g/mol. The summed E-state index contributed by atoms with van der Waals surface area (Å²) in [6.45, 7) is 6.51. The van der Waals surface area contributed by atoms with Crippen molar-refractivity contribution in [3.05, 3.63) is 35.4 Å². The third-order valence-electron chi connectivity index (χ3n) is 4.99. The smallest absolute Gasteiger partial charge is 0.317 e. The van der Waals surface area contributed by atoms with Gasteiger partial charge in [-0.05, 0) is 30.5 Å². The second-order valence-corrected chi connectivity index (χ2v) is 6.84. The summed E-state index contributed by atoms with van der Waals surface area (Å²) < 4.78 is 5.35. The van der Waals surface area contributed by atoms with Crippen molar-refractivity contribution >= 4 is 6.03 Å². The molecule has 0 bridgehead atoms. The molecule has 6 nitrogen and oxygen atoms in total. The zero-order chi connectivity index (χ0) is 17.5. The van der Waals surface area contributed by atoms with Crippen LogP contribution in [0.1, 0.15) is 36.5 Å². The van der Waals surface area contributed by atoms with E-state index in [1.807, 2.05) is 24.3 Å². The lowest BCUT2D eigenvalue weighted by Crippen LogP contribution is -2.44. The number of unbranched alkanes of at least 4 members (excludes halogenated alkanes) is 2. The fraction of sp³-hybridized carbons (Fsp3) is 0.632. The fourth-order valence-electron chi connectivity index (χ4n) is 3.50. The maximum Gasteiger partial charge on any atom is 0.317 e. The number of amides is 2. The molecule has 6 heteroatoms. The second-order valence-electron chi connectivity index (χ2n) is 6.84. The number of ether oxygens (including phenoxy) is 1. The number of carbonyl (C=O) groups excluding carboxylic acids is 1. The van der Waals surface area contributed by atoms with Gasteiger partial charge < -0.3 is 20.1 Å². The van der Waals surface area contributed by atoms with E-state index in [9.17, 15) is 9.90 Å². The van der Waals surface area contributed by atoms with Gasteiger partial charge in [-0.25, -0.2) is 4.79 Å². The first-order valence-corrected chi connectivity index (χ1v) is 9.33. The largest absolute Gasteiger partial charge is 0.387 e. The summed E-state index contributed by atoms with van der Waals surface area (Å²) in [5.74, 6) is 0. The van der Waals surface area contributed by atoms with Crippen molar-refractivity contribution in [2.75, 3.05) is 45.9 Å². The third kappa shape index (κ3) is 5.17. The molecule has 2 N–H and O–H groups in total. The predicted octanol–water partition coefficient (Wildman–Crippen LogP) is 1.75. The van der Waals surface area contributed by atoms with Crippen LogP contribution in [0.5, 0.6) is 0 Å². The molecule has 0 spiro atoms. The summed E-state index contributed by atoms with van der Waals surface area (Å²) >= 11 is 0. The van der Waals surface area contributed by atoms with E-state index in [1.54, 1.807) is 4.90 Å². The van der Waals surface area contributed by atoms with Crippen LogP contribution in [0.15, 0.2) is 24.3 Å². The molecule has 0 aliphatic carbocycles. The standard InChI is InChI=1S/C19H29N3O3/c23-18-15-22(14-16-6-2-3-7-17(16)18)19(24)20-8-4-1-5-9-21-10-12-25-13-11-21/h2-3,6-7,18,23H,1,4-5,8-15H2,(H,20,24). The lowest BCUT2D eigenvalue weighted by atomic mass is 9.98. The molecule has 3 rings (SSSR count). The number of benzene rings is 1. The minimum atomic E-state index is -0.593. The first kappa shape index (κ1) is 18.2. The van der Waals surface area contributed by atoms with Crippen LogP contribution in [-0.4, -0.2) is 66.9 Å². The first-order chi connectivity index (χ1) is 12.2. The number of carbonyl (C=O) groups is 1. The summed E-state index contributed by atoms with van der Waals surface area (Å²) in [4.78, 5) is 16.4. The number of urea groups is 1. The van der Waals surface area contributed by atoms with Crippen LogP contribution < -0.4 is 5.32 Å². The van der Waals surface area contributed by atoms with Crippen LogP contribution in [0.2, 0.25) is 0 Å². The normalized spacial score (nSPS) is 21.0. The summed E-state index contributed by atoms with van der Waals surface area (Å²) in [5.41, 5.74) is 1.97.